The van der Waals surface area contributed by atoms with Gasteiger partial charge >= 0.3 is 0 Å². The number of aliphatic hydroxyl groups excluding tert-OH is 1. The Morgan fingerprint density at radius 1 is 1.16 bits per heavy atom. The maximum absolute atomic E-state index is 9.81. The van der Waals surface area contributed by atoms with Gasteiger partial charge in [0.15, 0.2) is 5.96 Å². The zero-order valence-electron chi connectivity index (χ0n) is 19.3. The molecule has 1 heterocycles. The number of aliphatic hydroxyl groups is 1. The number of benzene rings is 2. The molecule has 0 aliphatic carbocycles. The topological polar surface area (TPSA) is 69.1 Å². The fraction of sp³-hybridized carbons (Fsp3) is 0.480. The van der Waals surface area contributed by atoms with Crippen LogP contribution in [0.25, 0.3) is 0 Å². The van der Waals surface area contributed by atoms with Crippen molar-refractivity contribution in [1.29, 1.82) is 0 Å². The van der Waals surface area contributed by atoms with Crippen LogP contribution in [0.4, 0.5) is 0 Å². The van der Waals surface area contributed by atoms with Gasteiger partial charge in [-0.05, 0) is 55.6 Å². The number of likely N-dealkylation sites (tertiary alicyclic amines) is 1. The minimum Gasteiger partial charge on any atom is -0.497 e. The highest BCUT2D eigenvalue weighted by Gasteiger charge is 2.30. The van der Waals surface area contributed by atoms with Gasteiger partial charge in [-0.15, -0.1) is 24.0 Å². The zero-order chi connectivity index (χ0) is 22.1. The molecule has 0 aromatic heterocycles. The number of hydrogen-bond donors (Lipinski definition) is 3. The molecule has 0 saturated carbocycles. The number of hydrogen-bond acceptors (Lipinski definition) is 4. The Morgan fingerprint density at radius 2 is 1.88 bits per heavy atom. The monoisotopic (exact) mass is 552 g/mol. The van der Waals surface area contributed by atoms with E-state index in [-0.39, 0.29) is 36.5 Å². The van der Waals surface area contributed by atoms with Crippen molar-refractivity contribution in [2.75, 3.05) is 47.4 Å². The van der Waals surface area contributed by atoms with Gasteiger partial charge < -0.3 is 20.5 Å². The first kappa shape index (κ1) is 26.4. The van der Waals surface area contributed by atoms with Gasteiger partial charge in [-0.3, -0.25) is 9.89 Å². The molecule has 176 valence electrons. The van der Waals surface area contributed by atoms with E-state index in [0.29, 0.717) is 18.5 Å². The number of halogens is 1. The van der Waals surface area contributed by atoms with E-state index in [1.807, 2.05) is 30.3 Å². The fourth-order valence-corrected chi connectivity index (χ4v) is 4.48. The number of rotatable bonds is 8. The number of piperidine rings is 1. The molecule has 0 radical (unpaired) electrons. The van der Waals surface area contributed by atoms with Crippen LogP contribution < -0.4 is 15.4 Å². The molecule has 6 nitrogen and oxygen atoms in total. The van der Waals surface area contributed by atoms with Crippen LogP contribution in [-0.2, 0) is 0 Å². The summed E-state index contributed by atoms with van der Waals surface area (Å²) in [6, 6.07) is 18.9. The molecule has 3 unspecified atom stereocenters. The summed E-state index contributed by atoms with van der Waals surface area (Å²) in [4.78, 5) is 6.84. The summed E-state index contributed by atoms with van der Waals surface area (Å²) >= 11 is 0. The van der Waals surface area contributed by atoms with E-state index >= 15 is 0 Å². The minimum absolute atomic E-state index is 0. The average molecular weight is 553 g/mol. The van der Waals surface area contributed by atoms with Crippen LogP contribution >= 0.6 is 24.0 Å². The summed E-state index contributed by atoms with van der Waals surface area (Å²) in [7, 11) is 5.70. The van der Waals surface area contributed by atoms with Gasteiger partial charge in [0.2, 0.25) is 0 Å². The number of ether oxygens (including phenoxy) is 1. The van der Waals surface area contributed by atoms with Crippen molar-refractivity contribution in [2.45, 2.75) is 24.8 Å². The smallest absolute Gasteiger partial charge is 0.191 e. The van der Waals surface area contributed by atoms with E-state index in [4.69, 9.17) is 4.74 Å². The summed E-state index contributed by atoms with van der Waals surface area (Å²) in [6.45, 7) is 2.68. The van der Waals surface area contributed by atoms with E-state index in [2.05, 4.69) is 51.8 Å². The van der Waals surface area contributed by atoms with Crippen molar-refractivity contribution in [1.82, 2.24) is 15.5 Å². The molecule has 2 aromatic carbocycles. The molecule has 1 fully saturated rings. The normalized spacial score (nSPS) is 20.2. The molecule has 0 spiro atoms. The molecule has 1 aliphatic heterocycles. The van der Waals surface area contributed by atoms with Crippen LogP contribution in [0.3, 0.4) is 0 Å². The summed E-state index contributed by atoms with van der Waals surface area (Å²) in [5.41, 5.74) is 2.45. The maximum Gasteiger partial charge on any atom is 0.191 e. The second-order valence-corrected chi connectivity index (χ2v) is 8.23. The van der Waals surface area contributed by atoms with Crippen molar-refractivity contribution in [2.24, 2.45) is 10.9 Å². The molecule has 3 atom stereocenters. The highest BCUT2D eigenvalue weighted by molar-refractivity contribution is 14.0. The first-order chi connectivity index (χ1) is 15.2. The predicted octanol–water partition coefficient (Wildman–Crippen LogP) is 3.64. The number of aliphatic imine (C=N–C) groups is 1. The van der Waals surface area contributed by atoms with Crippen LogP contribution in [0.1, 0.15) is 35.9 Å². The Hall–Kier alpha value is -1.84. The molecule has 0 bridgehead atoms. The van der Waals surface area contributed by atoms with Gasteiger partial charge in [-0.1, -0.05) is 42.5 Å². The van der Waals surface area contributed by atoms with E-state index in [1.54, 1.807) is 14.2 Å². The molecule has 1 saturated heterocycles. The number of methoxy groups -OCH3 is 1. The van der Waals surface area contributed by atoms with Gasteiger partial charge in [0.1, 0.15) is 5.75 Å². The number of guanidine groups is 1. The third-order valence-corrected chi connectivity index (χ3v) is 6.23. The largest absolute Gasteiger partial charge is 0.497 e. The Bertz CT molecular complexity index is 816. The SMILES string of the molecule is CN=C(NCC(CO)c1ccccc1)NCC1CCCN(C)C1c1ccc(OC)cc1.I. The maximum atomic E-state index is 9.81. The first-order valence-electron chi connectivity index (χ1n) is 11.1. The molecule has 7 heteroatoms. The zero-order valence-corrected chi connectivity index (χ0v) is 21.7. The first-order valence-corrected chi connectivity index (χ1v) is 11.1. The summed E-state index contributed by atoms with van der Waals surface area (Å²) in [6.07, 6.45) is 2.37. The lowest BCUT2D eigenvalue weighted by Crippen LogP contribution is -2.45. The minimum atomic E-state index is 0. The summed E-state index contributed by atoms with van der Waals surface area (Å²) in [5.74, 6) is 2.18. The van der Waals surface area contributed by atoms with Crippen molar-refractivity contribution in [3.63, 3.8) is 0 Å². The number of nitrogens with zero attached hydrogens (tertiary/aromatic N) is 2. The second-order valence-electron chi connectivity index (χ2n) is 8.23. The van der Waals surface area contributed by atoms with Crippen LogP contribution in [-0.4, -0.2) is 63.4 Å². The molecule has 32 heavy (non-hydrogen) atoms. The lowest BCUT2D eigenvalue weighted by molar-refractivity contribution is 0.122. The van der Waals surface area contributed by atoms with E-state index in [1.165, 1.54) is 18.4 Å². The van der Waals surface area contributed by atoms with Crippen molar-refractivity contribution in [3.8, 4) is 5.75 Å². The van der Waals surface area contributed by atoms with Crippen molar-refractivity contribution < 1.29 is 9.84 Å². The highest BCUT2D eigenvalue weighted by Crippen LogP contribution is 2.35. The van der Waals surface area contributed by atoms with Crippen molar-refractivity contribution >= 4 is 29.9 Å². The lowest BCUT2D eigenvalue weighted by Gasteiger charge is -2.40. The van der Waals surface area contributed by atoms with Gasteiger partial charge in [0.25, 0.3) is 0 Å². The number of nitrogens with one attached hydrogen (secondary N) is 2. The van der Waals surface area contributed by atoms with Gasteiger partial charge in [-0.25, -0.2) is 0 Å². The molecule has 3 rings (SSSR count). The van der Waals surface area contributed by atoms with Gasteiger partial charge in [0, 0.05) is 32.1 Å². The van der Waals surface area contributed by atoms with E-state index in [9.17, 15) is 5.11 Å². The molecule has 3 N–H and O–H groups in total. The van der Waals surface area contributed by atoms with Crippen LogP contribution in [0, 0.1) is 5.92 Å². The third kappa shape index (κ3) is 7.08. The molecule has 2 aromatic rings. The molecule has 0 amide bonds. The van der Waals surface area contributed by atoms with Crippen molar-refractivity contribution in [3.05, 3.63) is 65.7 Å². The van der Waals surface area contributed by atoms with Crippen LogP contribution in [0.5, 0.6) is 5.75 Å². The van der Waals surface area contributed by atoms with Crippen LogP contribution in [0.2, 0.25) is 0 Å². The quantitative estimate of drug-likeness (QED) is 0.265. The Morgan fingerprint density at radius 3 is 2.50 bits per heavy atom. The molecular weight excluding hydrogens is 515 g/mol. The average Bonchev–Trinajstić information content (AvgIpc) is 2.82. The Kier molecular flexibility index (Phi) is 11.3. The summed E-state index contributed by atoms with van der Waals surface area (Å²) < 4.78 is 5.32. The van der Waals surface area contributed by atoms with Gasteiger partial charge in [-0.2, -0.15) is 0 Å². The Labute approximate surface area is 209 Å². The van der Waals surface area contributed by atoms with Crippen LogP contribution in [0.15, 0.2) is 59.6 Å². The summed E-state index contributed by atoms with van der Waals surface area (Å²) in [5, 5.41) is 16.7. The lowest BCUT2D eigenvalue weighted by atomic mass is 9.85. The van der Waals surface area contributed by atoms with E-state index < -0.39 is 0 Å². The molecule has 1 aliphatic rings. The molecular formula is C25H37IN4O2. The van der Waals surface area contributed by atoms with E-state index in [0.717, 1.165) is 30.4 Å². The fourth-order valence-electron chi connectivity index (χ4n) is 4.48. The Balaban J connectivity index is 0.00000363. The highest BCUT2D eigenvalue weighted by atomic mass is 127. The second kappa shape index (κ2) is 13.6. The third-order valence-electron chi connectivity index (χ3n) is 6.23. The van der Waals surface area contributed by atoms with Gasteiger partial charge in [0.05, 0.1) is 13.7 Å². The standard InChI is InChI=1S/C25H36N4O2.HI/c1-26-25(28-17-22(18-30)19-8-5-4-6-9-19)27-16-21-10-7-15-29(2)24(21)20-11-13-23(31-3)14-12-20;/h4-6,8-9,11-14,21-22,24,30H,7,10,15-18H2,1-3H3,(H2,26,27,28);1H. The predicted molar refractivity (Wildman–Crippen MR) is 142 cm³/mol.